The highest BCUT2D eigenvalue weighted by Crippen LogP contribution is 2.22. The molecule has 5 nitrogen and oxygen atoms in total. The van der Waals surface area contributed by atoms with Crippen molar-refractivity contribution < 1.29 is 9.13 Å². The summed E-state index contributed by atoms with van der Waals surface area (Å²) in [5.74, 6) is -0.199. The van der Waals surface area contributed by atoms with Gasteiger partial charge in [0.15, 0.2) is 5.96 Å². The van der Waals surface area contributed by atoms with E-state index in [1.54, 1.807) is 6.07 Å². The molecular formula is C13H19FN4O. The molecule has 2 rings (SSSR count). The SMILES string of the molecule is NC(N)=NCC(c1cccc(F)c1)N1CCOCC1. The summed E-state index contributed by atoms with van der Waals surface area (Å²) in [7, 11) is 0. The minimum absolute atomic E-state index is 0.0262. The Kier molecular flexibility index (Phi) is 4.70. The Bertz CT molecular complexity index is 442. The van der Waals surface area contributed by atoms with Crippen LogP contribution in [0.2, 0.25) is 0 Å². The van der Waals surface area contributed by atoms with Gasteiger partial charge in [0.05, 0.1) is 25.8 Å². The summed E-state index contributed by atoms with van der Waals surface area (Å²) in [5.41, 5.74) is 11.7. The Morgan fingerprint density at radius 3 is 2.74 bits per heavy atom. The first-order chi connectivity index (χ1) is 9.16. The van der Waals surface area contributed by atoms with E-state index >= 15 is 0 Å². The highest BCUT2D eigenvalue weighted by Gasteiger charge is 2.22. The molecule has 0 spiro atoms. The Labute approximate surface area is 112 Å². The summed E-state index contributed by atoms with van der Waals surface area (Å²) in [6.45, 7) is 3.36. The molecule has 104 valence electrons. The van der Waals surface area contributed by atoms with Gasteiger partial charge >= 0.3 is 0 Å². The summed E-state index contributed by atoms with van der Waals surface area (Å²) in [4.78, 5) is 6.29. The average molecular weight is 266 g/mol. The molecule has 0 amide bonds. The first-order valence-corrected chi connectivity index (χ1v) is 6.29. The second-order valence-electron chi connectivity index (χ2n) is 4.48. The molecule has 1 fully saturated rings. The van der Waals surface area contributed by atoms with Crippen molar-refractivity contribution in [1.82, 2.24) is 4.90 Å². The van der Waals surface area contributed by atoms with E-state index in [4.69, 9.17) is 16.2 Å². The van der Waals surface area contributed by atoms with Gasteiger partial charge in [0, 0.05) is 13.1 Å². The number of aliphatic imine (C=N–C) groups is 1. The molecule has 1 aliphatic rings. The normalized spacial score (nSPS) is 17.9. The minimum Gasteiger partial charge on any atom is -0.379 e. The monoisotopic (exact) mass is 266 g/mol. The van der Waals surface area contributed by atoms with Crippen molar-refractivity contribution in [1.29, 1.82) is 0 Å². The number of guanidine groups is 1. The van der Waals surface area contributed by atoms with Gasteiger partial charge in [0.2, 0.25) is 0 Å². The van der Waals surface area contributed by atoms with Crippen LogP contribution in [-0.4, -0.2) is 43.7 Å². The quantitative estimate of drug-likeness (QED) is 0.613. The van der Waals surface area contributed by atoms with Crippen molar-refractivity contribution in [2.75, 3.05) is 32.8 Å². The predicted molar refractivity (Wildman–Crippen MR) is 72.2 cm³/mol. The van der Waals surface area contributed by atoms with Crippen LogP contribution in [0.4, 0.5) is 4.39 Å². The Morgan fingerprint density at radius 2 is 2.11 bits per heavy atom. The average Bonchev–Trinajstić information content (AvgIpc) is 2.40. The second-order valence-corrected chi connectivity index (χ2v) is 4.48. The fraction of sp³-hybridized carbons (Fsp3) is 0.462. The first-order valence-electron chi connectivity index (χ1n) is 6.29. The summed E-state index contributed by atoms with van der Waals surface area (Å²) in [6.07, 6.45) is 0. The molecule has 1 aromatic rings. The molecule has 0 saturated carbocycles. The van der Waals surface area contributed by atoms with Crippen molar-refractivity contribution in [3.8, 4) is 0 Å². The molecule has 1 aliphatic heterocycles. The van der Waals surface area contributed by atoms with Gasteiger partial charge in [-0.25, -0.2) is 4.39 Å². The molecule has 1 unspecified atom stereocenters. The van der Waals surface area contributed by atoms with Crippen LogP contribution in [0.1, 0.15) is 11.6 Å². The molecule has 0 radical (unpaired) electrons. The number of nitrogens with zero attached hydrogens (tertiary/aromatic N) is 2. The third-order valence-corrected chi connectivity index (χ3v) is 3.17. The van der Waals surface area contributed by atoms with Crippen LogP contribution in [0.25, 0.3) is 0 Å². The maximum absolute atomic E-state index is 13.4. The highest BCUT2D eigenvalue weighted by molar-refractivity contribution is 5.75. The van der Waals surface area contributed by atoms with Gasteiger partial charge in [-0.1, -0.05) is 12.1 Å². The smallest absolute Gasteiger partial charge is 0.185 e. The lowest BCUT2D eigenvalue weighted by atomic mass is 10.0. The predicted octanol–water partition coefficient (Wildman–Crippen LogP) is 0.472. The zero-order chi connectivity index (χ0) is 13.7. The van der Waals surface area contributed by atoms with Gasteiger partial charge in [-0.2, -0.15) is 0 Å². The third-order valence-electron chi connectivity index (χ3n) is 3.17. The Hall–Kier alpha value is -1.66. The molecule has 1 atom stereocenters. The van der Waals surface area contributed by atoms with Crippen LogP contribution < -0.4 is 11.5 Å². The summed E-state index contributed by atoms with van der Waals surface area (Å²) in [6, 6.07) is 6.53. The number of morpholine rings is 1. The standard InChI is InChI=1S/C13H19FN4O/c14-11-3-1-2-10(8-11)12(9-17-13(15)16)18-4-6-19-7-5-18/h1-3,8,12H,4-7,9H2,(H4,15,16,17). The molecule has 19 heavy (non-hydrogen) atoms. The van der Waals surface area contributed by atoms with E-state index in [0.717, 1.165) is 18.7 Å². The molecule has 1 saturated heterocycles. The van der Waals surface area contributed by atoms with Crippen LogP contribution in [-0.2, 0) is 4.74 Å². The van der Waals surface area contributed by atoms with E-state index in [9.17, 15) is 4.39 Å². The molecule has 0 aliphatic carbocycles. The molecule has 0 bridgehead atoms. The van der Waals surface area contributed by atoms with Gasteiger partial charge in [0.25, 0.3) is 0 Å². The fourth-order valence-corrected chi connectivity index (χ4v) is 2.23. The molecule has 0 aromatic heterocycles. The molecule has 1 heterocycles. The molecule has 1 aromatic carbocycles. The zero-order valence-corrected chi connectivity index (χ0v) is 10.8. The van der Waals surface area contributed by atoms with Crippen LogP contribution in [0.3, 0.4) is 0 Å². The lowest BCUT2D eigenvalue weighted by molar-refractivity contribution is 0.0179. The number of benzene rings is 1. The Morgan fingerprint density at radius 1 is 1.37 bits per heavy atom. The maximum Gasteiger partial charge on any atom is 0.185 e. The van der Waals surface area contributed by atoms with Crippen LogP contribution in [0.5, 0.6) is 0 Å². The second kappa shape index (κ2) is 6.49. The zero-order valence-electron chi connectivity index (χ0n) is 10.8. The van der Waals surface area contributed by atoms with Crippen molar-refractivity contribution in [3.63, 3.8) is 0 Å². The van der Waals surface area contributed by atoms with E-state index in [1.165, 1.54) is 12.1 Å². The fourth-order valence-electron chi connectivity index (χ4n) is 2.23. The molecular weight excluding hydrogens is 247 g/mol. The number of ether oxygens (including phenoxy) is 1. The van der Waals surface area contributed by atoms with Gasteiger partial charge in [0.1, 0.15) is 5.82 Å². The van der Waals surface area contributed by atoms with Crippen LogP contribution in [0.15, 0.2) is 29.3 Å². The molecule has 6 heteroatoms. The van der Waals surface area contributed by atoms with Crippen LogP contribution >= 0.6 is 0 Å². The van der Waals surface area contributed by atoms with Crippen molar-refractivity contribution in [3.05, 3.63) is 35.6 Å². The van der Waals surface area contributed by atoms with Crippen molar-refractivity contribution in [2.45, 2.75) is 6.04 Å². The summed E-state index contributed by atoms with van der Waals surface area (Å²) < 4.78 is 18.7. The molecule has 4 N–H and O–H groups in total. The Balaban J connectivity index is 2.19. The van der Waals surface area contributed by atoms with E-state index in [2.05, 4.69) is 9.89 Å². The number of rotatable bonds is 4. The number of hydrogen-bond acceptors (Lipinski definition) is 3. The van der Waals surface area contributed by atoms with Gasteiger partial charge in [-0.05, 0) is 17.7 Å². The first kappa shape index (κ1) is 13.8. The number of hydrogen-bond donors (Lipinski definition) is 2. The van der Waals surface area contributed by atoms with Gasteiger partial charge in [-0.15, -0.1) is 0 Å². The van der Waals surface area contributed by atoms with Crippen LogP contribution in [0, 0.1) is 5.82 Å². The topological polar surface area (TPSA) is 76.9 Å². The van der Waals surface area contributed by atoms with Gasteiger partial charge < -0.3 is 16.2 Å². The summed E-state index contributed by atoms with van der Waals surface area (Å²) in [5, 5.41) is 0. The lowest BCUT2D eigenvalue weighted by Crippen LogP contribution is -2.40. The minimum atomic E-state index is -0.250. The van der Waals surface area contributed by atoms with Crippen molar-refractivity contribution in [2.24, 2.45) is 16.5 Å². The van der Waals surface area contributed by atoms with E-state index < -0.39 is 0 Å². The number of nitrogens with two attached hydrogens (primary N) is 2. The van der Waals surface area contributed by atoms with E-state index in [0.29, 0.717) is 19.8 Å². The maximum atomic E-state index is 13.4. The van der Waals surface area contributed by atoms with Crippen molar-refractivity contribution >= 4 is 5.96 Å². The van der Waals surface area contributed by atoms with Gasteiger partial charge in [-0.3, -0.25) is 9.89 Å². The third kappa shape index (κ3) is 3.90. The van der Waals surface area contributed by atoms with E-state index in [-0.39, 0.29) is 17.8 Å². The van der Waals surface area contributed by atoms with E-state index in [1.807, 2.05) is 6.07 Å². The highest BCUT2D eigenvalue weighted by atomic mass is 19.1. The number of halogens is 1. The largest absolute Gasteiger partial charge is 0.379 e. The lowest BCUT2D eigenvalue weighted by Gasteiger charge is -2.34. The summed E-state index contributed by atoms with van der Waals surface area (Å²) >= 11 is 0.